The average Bonchev–Trinajstić information content (AvgIpc) is 3.36. The zero-order valence-electron chi connectivity index (χ0n) is 18.3. The van der Waals surface area contributed by atoms with Crippen molar-refractivity contribution in [1.29, 1.82) is 0 Å². The van der Waals surface area contributed by atoms with Gasteiger partial charge in [0, 0.05) is 50.3 Å². The van der Waals surface area contributed by atoms with Gasteiger partial charge < -0.3 is 15.2 Å². The molecule has 0 saturated carbocycles. The molecule has 4 rings (SSSR count). The van der Waals surface area contributed by atoms with E-state index in [0.717, 1.165) is 48.2 Å². The summed E-state index contributed by atoms with van der Waals surface area (Å²) in [4.78, 5) is 8.87. The van der Waals surface area contributed by atoms with Crippen LogP contribution in [0.5, 0.6) is 0 Å². The van der Waals surface area contributed by atoms with E-state index >= 15 is 0 Å². The fourth-order valence-electron chi connectivity index (χ4n) is 3.71. The van der Waals surface area contributed by atoms with Crippen LogP contribution in [0.15, 0.2) is 65.9 Å². The molecule has 0 aliphatic heterocycles. The second kappa shape index (κ2) is 9.47. The molecule has 0 atom stereocenters. The van der Waals surface area contributed by atoms with Gasteiger partial charge in [0.05, 0.1) is 5.69 Å². The number of benzene rings is 1. The highest BCUT2D eigenvalue weighted by Gasteiger charge is 2.05. The lowest BCUT2D eigenvalue weighted by Gasteiger charge is -2.13. The van der Waals surface area contributed by atoms with Gasteiger partial charge in [-0.3, -0.25) is 4.99 Å². The highest BCUT2D eigenvalue weighted by atomic mass is 15.3. The van der Waals surface area contributed by atoms with Gasteiger partial charge in [0.2, 0.25) is 0 Å². The minimum Gasteiger partial charge on any atom is -0.356 e. The number of fused-ring (bicyclic) bond motifs is 1. The lowest BCUT2D eigenvalue weighted by molar-refractivity contribution is 0.640. The SMILES string of the molecule is CN=C(NCCCn1ccc2ccccc21)NCc1ccc(-n2nc(C)cc2C)nc1. The third-order valence-corrected chi connectivity index (χ3v) is 5.27. The Morgan fingerprint density at radius 1 is 1.06 bits per heavy atom. The van der Waals surface area contributed by atoms with Crippen LogP contribution in [0.2, 0.25) is 0 Å². The molecule has 0 amide bonds. The summed E-state index contributed by atoms with van der Waals surface area (Å²) in [6.45, 7) is 6.50. The van der Waals surface area contributed by atoms with Crippen LogP contribution < -0.4 is 10.6 Å². The Morgan fingerprint density at radius 3 is 2.68 bits per heavy atom. The number of para-hydroxylation sites is 1. The summed E-state index contributed by atoms with van der Waals surface area (Å²) in [5, 5.41) is 12.5. The summed E-state index contributed by atoms with van der Waals surface area (Å²) in [6.07, 6.45) is 5.04. The van der Waals surface area contributed by atoms with Crippen LogP contribution in [-0.4, -0.2) is 38.9 Å². The molecular weight excluding hydrogens is 386 g/mol. The van der Waals surface area contributed by atoms with Gasteiger partial charge in [0.15, 0.2) is 11.8 Å². The molecule has 3 heterocycles. The topological polar surface area (TPSA) is 72.1 Å². The first-order valence-corrected chi connectivity index (χ1v) is 10.6. The minimum absolute atomic E-state index is 0.659. The number of pyridine rings is 1. The van der Waals surface area contributed by atoms with E-state index < -0.39 is 0 Å². The maximum atomic E-state index is 4.55. The Morgan fingerprint density at radius 2 is 1.94 bits per heavy atom. The summed E-state index contributed by atoms with van der Waals surface area (Å²) >= 11 is 0. The van der Waals surface area contributed by atoms with E-state index in [4.69, 9.17) is 0 Å². The van der Waals surface area contributed by atoms with Gasteiger partial charge in [-0.15, -0.1) is 0 Å². The molecule has 0 saturated heterocycles. The van der Waals surface area contributed by atoms with E-state index in [1.807, 2.05) is 36.9 Å². The number of hydrogen-bond acceptors (Lipinski definition) is 3. The van der Waals surface area contributed by atoms with Crippen LogP contribution in [0.3, 0.4) is 0 Å². The normalized spacial score (nSPS) is 11.8. The number of aryl methyl sites for hydroxylation is 3. The molecule has 0 aliphatic carbocycles. The number of nitrogens with one attached hydrogen (secondary N) is 2. The molecule has 1 aromatic carbocycles. The monoisotopic (exact) mass is 415 g/mol. The van der Waals surface area contributed by atoms with Crippen molar-refractivity contribution >= 4 is 16.9 Å². The summed E-state index contributed by atoms with van der Waals surface area (Å²) in [7, 11) is 1.79. The molecule has 4 aromatic rings. The third-order valence-electron chi connectivity index (χ3n) is 5.27. The lowest BCUT2D eigenvalue weighted by Crippen LogP contribution is -2.37. The molecule has 7 nitrogen and oxygen atoms in total. The van der Waals surface area contributed by atoms with E-state index in [1.165, 1.54) is 10.9 Å². The smallest absolute Gasteiger partial charge is 0.191 e. The summed E-state index contributed by atoms with van der Waals surface area (Å²) in [6, 6.07) is 16.7. The number of nitrogens with zero attached hydrogens (tertiary/aromatic N) is 5. The fraction of sp³-hybridized carbons (Fsp3) is 0.292. The van der Waals surface area contributed by atoms with Crippen LogP contribution >= 0.6 is 0 Å². The second-order valence-corrected chi connectivity index (χ2v) is 7.64. The fourth-order valence-corrected chi connectivity index (χ4v) is 3.71. The molecule has 0 bridgehead atoms. The van der Waals surface area contributed by atoms with Gasteiger partial charge in [0.1, 0.15) is 0 Å². The number of rotatable bonds is 7. The van der Waals surface area contributed by atoms with Crippen LogP contribution in [0.1, 0.15) is 23.4 Å². The van der Waals surface area contributed by atoms with E-state index in [2.05, 4.69) is 72.9 Å². The Balaban J connectivity index is 1.24. The number of guanidine groups is 1. The highest BCUT2D eigenvalue weighted by molar-refractivity contribution is 5.80. The van der Waals surface area contributed by atoms with Gasteiger partial charge in [-0.25, -0.2) is 9.67 Å². The van der Waals surface area contributed by atoms with Crippen LogP contribution in [-0.2, 0) is 13.1 Å². The molecule has 31 heavy (non-hydrogen) atoms. The van der Waals surface area contributed by atoms with E-state index in [1.54, 1.807) is 7.05 Å². The van der Waals surface area contributed by atoms with E-state index in [0.29, 0.717) is 6.54 Å². The van der Waals surface area contributed by atoms with Gasteiger partial charge in [-0.05, 0) is 55.5 Å². The third kappa shape index (κ3) is 4.94. The summed E-state index contributed by atoms with van der Waals surface area (Å²) in [5.74, 6) is 1.62. The second-order valence-electron chi connectivity index (χ2n) is 7.64. The Bertz CT molecular complexity index is 1170. The zero-order chi connectivity index (χ0) is 21.6. The van der Waals surface area contributed by atoms with Gasteiger partial charge in [-0.1, -0.05) is 24.3 Å². The van der Waals surface area contributed by atoms with Crippen molar-refractivity contribution in [3.05, 3.63) is 77.9 Å². The molecule has 0 spiro atoms. The molecule has 7 heteroatoms. The maximum absolute atomic E-state index is 4.55. The van der Waals surface area contributed by atoms with Crippen molar-refractivity contribution in [1.82, 2.24) is 30.0 Å². The first kappa shape index (κ1) is 20.7. The van der Waals surface area contributed by atoms with Gasteiger partial charge >= 0.3 is 0 Å². The van der Waals surface area contributed by atoms with Crippen molar-refractivity contribution in [3.8, 4) is 5.82 Å². The van der Waals surface area contributed by atoms with Crippen molar-refractivity contribution in [2.75, 3.05) is 13.6 Å². The van der Waals surface area contributed by atoms with Gasteiger partial charge in [0.25, 0.3) is 0 Å². The summed E-state index contributed by atoms with van der Waals surface area (Å²) < 4.78 is 4.16. The maximum Gasteiger partial charge on any atom is 0.191 e. The lowest BCUT2D eigenvalue weighted by atomic mass is 10.2. The average molecular weight is 416 g/mol. The Labute approximate surface area is 182 Å². The van der Waals surface area contributed by atoms with E-state index in [-0.39, 0.29) is 0 Å². The molecule has 0 aliphatic rings. The molecular formula is C24H29N7. The highest BCUT2D eigenvalue weighted by Crippen LogP contribution is 2.15. The molecule has 160 valence electrons. The number of aromatic nitrogens is 4. The van der Waals surface area contributed by atoms with Crippen LogP contribution in [0, 0.1) is 13.8 Å². The van der Waals surface area contributed by atoms with Crippen molar-refractivity contribution in [2.45, 2.75) is 33.4 Å². The largest absolute Gasteiger partial charge is 0.356 e. The van der Waals surface area contributed by atoms with Crippen LogP contribution in [0.25, 0.3) is 16.7 Å². The van der Waals surface area contributed by atoms with Crippen molar-refractivity contribution in [3.63, 3.8) is 0 Å². The van der Waals surface area contributed by atoms with Crippen molar-refractivity contribution < 1.29 is 0 Å². The molecule has 2 N–H and O–H groups in total. The molecule has 0 unspecified atom stereocenters. The number of aliphatic imine (C=N–C) groups is 1. The first-order valence-electron chi connectivity index (χ1n) is 10.6. The predicted octanol–water partition coefficient (Wildman–Crippen LogP) is 3.59. The predicted molar refractivity (Wildman–Crippen MR) is 126 cm³/mol. The Kier molecular flexibility index (Phi) is 6.31. The van der Waals surface area contributed by atoms with Crippen LogP contribution in [0.4, 0.5) is 0 Å². The number of hydrogen-bond donors (Lipinski definition) is 2. The standard InChI is InChI=1S/C24H29N7/c1-18-15-19(2)31(29-18)23-10-9-20(16-27-23)17-28-24(25-3)26-12-6-13-30-14-11-21-7-4-5-8-22(21)30/h4-5,7-11,14-16H,6,12-13,17H2,1-3H3,(H2,25,26,28). The Hall–Kier alpha value is -3.61. The molecule has 3 aromatic heterocycles. The zero-order valence-corrected chi connectivity index (χ0v) is 18.3. The first-order chi connectivity index (χ1) is 15.1. The van der Waals surface area contributed by atoms with Gasteiger partial charge in [-0.2, -0.15) is 5.10 Å². The molecule has 0 radical (unpaired) electrons. The quantitative estimate of drug-likeness (QED) is 0.275. The summed E-state index contributed by atoms with van der Waals surface area (Å²) in [5.41, 5.74) is 4.44. The molecule has 0 fully saturated rings. The minimum atomic E-state index is 0.659. The van der Waals surface area contributed by atoms with E-state index in [9.17, 15) is 0 Å². The van der Waals surface area contributed by atoms with Crippen molar-refractivity contribution in [2.24, 2.45) is 4.99 Å².